The van der Waals surface area contributed by atoms with Crippen LogP contribution in [-0.2, 0) is 4.79 Å². The minimum Gasteiger partial charge on any atom is -0.339 e. The van der Waals surface area contributed by atoms with E-state index in [2.05, 4.69) is 76.3 Å². The zero-order valence-electron chi connectivity index (χ0n) is 18.9. The predicted molar refractivity (Wildman–Crippen MR) is 132 cm³/mol. The molecule has 5 heterocycles. The third-order valence-corrected chi connectivity index (χ3v) is 7.95. The average Bonchev–Trinajstić information content (AvgIpc) is 3.62. The van der Waals surface area contributed by atoms with Gasteiger partial charge in [0.1, 0.15) is 12.7 Å². The average molecular weight is 462 g/mol. The second-order valence-corrected chi connectivity index (χ2v) is 10.1. The number of benzene rings is 1. The molecule has 2 fully saturated rings. The van der Waals surface area contributed by atoms with E-state index in [1.807, 2.05) is 22.7 Å². The van der Waals surface area contributed by atoms with Gasteiger partial charge in [0.15, 0.2) is 5.70 Å². The Morgan fingerprint density at radius 2 is 1.91 bits per heavy atom. The molecule has 33 heavy (non-hydrogen) atoms. The van der Waals surface area contributed by atoms with Gasteiger partial charge in [-0.15, -0.1) is 16.8 Å². The molecule has 0 unspecified atom stereocenters. The molecule has 2 aromatic rings. The maximum Gasteiger partial charge on any atom is 0.256 e. The Bertz CT molecular complexity index is 1150. The Balaban J connectivity index is 1.18. The third-order valence-electron chi connectivity index (χ3n) is 6.98. The van der Waals surface area contributed by atoms with E-state index in [4.69, 9.17) is 4.98 Å². The number of carbonyl (C=O) groups is 1. The summed E-state index contributed by atoms with van der Waals surface area (Å²) in [5, 5.41) is 2.50. The number of para-hydroxylation sites is 1. The second kappa shape index (κ2) is 8.20. The molecule has 6 rings (SSSR count). The summed E-state index contributed by atoms with van der Waals surface area (Å²) >= 11 is 1.84. The molecule has 0 saturated carbocycles. The van der Waals surface area contributed by atoms with Gasteiger partial charge in [-0.05, 0) is 25.1 Å². The number of nitrogens with zero attached hydrogens (tertiary/aromatic N) is 6. The number of thioether (sulfide) groups is 1. The number of anilines is 1. The number of amides is 1. The van der Waals surface area contributed by atoms with Crippen LogP contribution in [0.1, 0.15) is 5.69 Å². The largest absolute Gasteiger partial charge is 0.339 e. The number of aryl methyl sites for hydroxylation is 1. The Morgan fingerprint density at radius 3 is 2.67 bits per heavy atom. The van der Waals surface area contributed by atoms with E-state index in [-0.39, 0.29) is 5.91 Å². The number of rotatable bonds is 4. The molecule has 4 aliphatic heterocycles. The molecule has 1 aromatic carbocycles. The van der Waals surface area contributed by atoms with Gasteiger partial charge in [0.25, 0.3) is 5.91 Å². The van der Waals surface area contributed by atoms with Gasteiger partial charge in [0.05, 0.1) is 30.2 Å². The molecule has 0 aliphatic carbocycles. The molecular weight excluding hydrogens is 432 g/mol. The highest BCUT2D eigenvalue weighted by Gasteiger charge is 2.48. The van der Waals surface area contributed by atoms with Crippen LogP contribution in [0, 0.1) is 6.92 Å². The number of hydrogen-bond donors (Lipinski definition) is 0. The second-order valence-electron chi connectivity index (χ2n) is 9.02. The van der Waals surface area contributed by atoms with Gasteiger partial charge >= 0.3 is 0 Å². The van der Waals surface area contributed by atoms with Crippen LogP contribution in [0.4, 0.5) is 5.95 Å². The highest BCUT2D eigenvalue weighted by Crippen LogP contribution is 2.38. The molecule has 1 atom stereocenters. The van der Waals surface area contributed by atoms with E-state index >= 15 is 0 Å². The number of carbonyl (C=O) groups excluding carboxylic acids is 1. The van der Waals surface area contributed by atoms with E-state index < -0.39 is 0 Å². The van der Waals surface area contributed by atoms with Crippen LogP contribution in [0.5, 0.6) is 0 Å². The zero-order chi connectivity index (χ0) is 22.4. The van der Waals surface area contributed by atoms with Crippen molar-refractivity contribution in [2.75, 3.05) is 55.8 Å². The van der Waals surface area contributed by atoms with Crippen LogP contribution in [0.3, 0.4) is 0 Å². The monoisotopic (exact) mass is 461 g/mol. The number of imidazole rings is 1. The topological polar surface area (TPSA) is 44.6 Å². The Hall–Kier alpha value is -2.81. The van der Waals surface area contributed by atoms with Crippen molar-refractivity contribution < 1.29 is 9.39 Å². The summed E-state index contributed by atoms with van der Waals surface area (Å²) in [6.07, 6.45) is 10.8. The van der Waals surface area contributed by atoms with Crippen LogP contribution >= 0.6 is 11.8 Å². The summed E-state index contributed by atoms with van der Waals surface area (Å²) in [7, 11) is 0. The van der Waals surface area contributed by atoms with Gasteiger partial charge < -0.3 is 9.80 Å². The minimum absolute atomic E-state index is 0.209. The number of hydrogen-bond acceptors (Lipinski definition) is 5. The zero-order valence-corrected chi connectivity index (χ0v) is 19.7. The summed E-state index contributed by atoms with van der Waals surface area (Å²) in [4.78, 5) is 22.3. The number of quaternary nitrogens is 1. The van der Waals surface area contributed by atoms with E-state index in [0.717, 1.165) is 73.8 Å². The number of allylic oxidation sites excluding steroid dienone is 3. The lowest BCUT2D eigenvalue weighted by atomic mass is 10.2. The molecular formula is C25H29N6OS+. The van der Waals surface area contributed by atoms with Crippen LogP contribution in [0.2, 0.25) is 0 Å². The van der Waals surface area contributed by atoms with Crippen LogP contribution in [0.15, 0.2) is 72.2 Å². The molecule has 2 saturated heterocycles. The number of piperazine rings is 1. The SMILES string of the molecule is Cc1cn(-c2ccccc2)c(N2CCN([N@@+]34C=CC=C3C=C(C(=O)N3CCSC3)C4)CC2)n1. The summed E-state index contributed by atoms with van der Waals surface area (Å²) in [5.74, 6) is 3.08. The fourth-order valence-corrected chi connectivity index (χ4v) is 6.24. The van der Waals surface area contributed by atoms with Gasteiger partial charge in [-0.1, -0.05) is 18.2 Å². The highest BCUT2D eigenvalue weighted by molar-refractivity contribution is 7.99. The maximum absolute atomic E-state index is 13.1. The van der Waals surface area contributed by atoms with E-state index in [9.17, 15) is 4.79 Å². The standard InChI is InChI=1S/C25H29N6OS/c1-20-17-30(22-6-3-2-4-7-22)25(26-20)27-9-11-29(12-10-27)31-14-5-8-23(31)16-21(18-31)24(32)28-13-15-33-19-28/h2-8,14,16-17H,9-13,15,18-19H2,1H3/q+1/t31-/m1/s1. The highest BCUT2D eigenvalue weighted by atomic mass is 32.2. The first kappa shape index (κ1) is 20.8. The Labute approximate surface area is 198 Å². The van der Waals surface area contributed by atoms with E-state index in [1.54, 1.807) is 0 Å². The fourth-order valence-electron chi connectivity index (χ4n) is 5.29. The lowest BCUT2D eigenvalue weighted by Crippen LogP contribution is -2.60. The molecule has 170 valence electrons. The summed E-state index contributed by atoms with van der Waals surface area (Å²) in [6.45, 7) is 7.26. The lowest BCUT2D eigenvalue weighted by Gasteiger charge is -2.44. The summed E-state index contributed by atoms with van der Waals surface area (Å²) < 4.78 is 2.85. The smallest absolute Gasteiger partial charge is 0.256 e. The van der Waals surface area contributed by atoms with Crippen molar-refractivity contribution in [1.82, 2.24) is 19.5 Å². The molecule has 4 aliphatic rings. The van der Waals surface area contributed by atoms with Crippen molar-refractivity contribution in [2.45, 2.75) is 6.92 Å². The third kappa shape index (κ3) is 3.53. The molecule has 1 aromatic heterocycles. The van der Waals surface area contributed by atoms with Gasteiger partial charge in [0.2, 0.25) is 5.95 Å². The molecule has 7 nitrogen and oxygen atoms in total. The first-order chi connectivity index (χ1) is 16.1. The Morgan fingerprint density at radius 1 is 1.09 bits per heavy atom. The van der Waals surface area contributed by atoms with Crippen molar-refractivity contribution >= 4 is 23.6 Å². The molecule has 0 radical (unpaired) electrons. The minimum atomic E-state index is 0.209. The normalized spacial score (nSPS) is 24.9. The van der Waals surface area contributed by atoms with Crippen LogP contribution in [-0.4, -0.2) is 80.9 Å². The first-order valence-corrected chi connectivity index (χ1v) is 12.8. The first-order valence-electron chi connectivity index (χ1n) is 11.6. The van der Waals surface area contributed by atoms with Crippen LogP contribution in [0.25, 0.3) is 5.69 Å². The maximum atomic E-state index is 13.1. The number of aromatic nitrogens is 2. The van der Waals surface area contributed by atoms with Gasteiger partial charge in [-0.3, -0.25) is 9.36 Å². The molecule has 0 N–H and O–H groups in total. The Kier molecular flexibility index (Phi) is 5.16. The number of fused-ring (bicyclic) bond motifs is 1. The quantitative estimate of drug-likeness (QED) is 0.655. The van der Waals surface area contributed by atoms with Crippen molar-refractivity contribution in [3.63, 3.8) is 0 Å². The van der Waals surface area contributed by atoms with Crippen molar-refractivity contribution in [2.24, 2.45) is 0 Å². The van der Waals surface area contributed by atoms with Crippen molar-refractivity contribution in [1.29, 1.82) is 0 Å². The summed E-state index contributed by atoms with van der Waals surface area (Å²) in [6, 6.07) is 10.4. The van der Waals surface area contributed by atoms with Crippen molar-refractivity contribution in [3.05, 3.63) is 77.9 Å². The lowest BCUT2D eigenvalue weighted by molar-refractivity contribution is -0.948. The molecule has 0 spiro atoms. The van der Waals surface area contributed by atoms with Gasteiger partial charge in [-0.2, -0.15) is 4.59 Å². The van der Waals surface area contributed by atoms with E-state index in [0.29, 0.717) is 4.59 Å². The molecule has 0 bridgehead atoms. The molecule has 8 heteroatoms. The molecule has 1 amide bonds. The van der Waals surface area contributed by atoms with Gasteiger partial charge in [-0.25, -0.2) is 4.98 Å². The van der Waals surface area contributed by atoms with Gasteiger partial charge in [0, 0.05) is 49.4 Å². The van der Waals surface area contributed by atoms with Crippen LogP contribution < -0.4 is 4.90 Å². The fraction of sp³-hybridized carbons (Fsp3) is 0.360. The van der Waals surface area contributed by atoms with Crippen molar-refractivity contribution in [3.8, 4) is 5.69 Å². The van der Waals surface area contributed by atoms with E-state index in [1.165, 1.54) is 5.70 Å². The predicted octanol–water partition coefficient (Wildman–Crippen LogP) is 2.92. The summed E-state index contributed by atoms with van der Waals surface area (Å²) in [5.41, 5.74) is 4.31.